The summed E-state index contributed by atoms with van der Waals surface area (Å²) in [6.45, 7) is 1.47. The molecule has 6 nitrogen and oxygen atoms in total. The highest BCUT2D eigenvalue weighted by Crippen LogP contribution is 2.28. The second kappa shape index (κ2) is 7.15. The SMILES string of the molecule is COC(=S)c1c(C(C)=O)cccc1-c1nc(OC)cc(OC)n1. The van der Waals surface area contributed by atoms with Crippen molar-refractivity contribution in [2.24, 2.45) is 0 Å². The summed E-state index contributed by atoms with van der Waals surface area (Å²) in [5, 5.41) is 0.191. The average molecular weight is 332 g/mol. The maximum Gasteiger partial charge on any atom is 0.220 e. The predicted octanol–water partition coefficient (Wildman–Crippen LogP) is 2.69. The second-order valence-corrected chi connectivity index (χ2v) is 4.92. The Kier molecular flexibility index (Phi) is 5.23. The zero-order valence-corrected chi connectivity index (χ0v) is 14.1. The first kappa shape index (κ1) is 16.8. The normalized spacial score (nSPS) is 10.1. The lowest BCUT2D eigenvalue weighted by molar-refractivity contribution is 0.101. The minimum Gasteiger partial charge on any atom is -0.486 e. The van der Waals surface area contributed by atoms with Gasteiger partial charge in [0.05, 0.1) is 27.4 Å². The van der Waals surface area contributed by atoms with Crippen LogP contribution in [0.1, 0.15) is 22.8 Å². The predicted molar refractivity (Wildman–Crippen MR) is 89.3 cm³/mol. The Morgan fingerprint density at radius 1 is 1.09 bits per heavy atom. The summed E-state index contributed by atoms with van der Waals surface area (Å²) in [5.74, 6) is 0.888. The van der Waals surface area contributed by atoms with Crippen LogP contribution in [-0.4, -0.2) is 42.1 Å². The van der Waals surface area contributed by atoms with Crippen molar-refractivity contribution in [3.05, 3.63) is 35.4 Å². The molecule has 7 heteroatoms. The van der Waals surface area contributed by atoms with Crippen molar-refractivity contribution in [3.63, 3.8) is 0 Å². The fraction of sp³-hybridized carbons (Fsp3) is 0.250. The Balaban J connectivity index is 2.75. The highest BCUT2D eigenvalue weighted by atomic mass is 32.1. The Labute approximate surface area is 139 Å². The fourth-order valence-corrected chi connectivity index (χ4v) is 2.31. The van der Waals surface area contributed by atoms with E-state index in [2.05, 4.69) is 9.97 Å². The highest BCUT2D eigenvalue weighted by Gasteiger charge is 2.20. The van der Waals surface area contributed by atoms with Gasteiger partial charge in [0.15, 0.2) is 16.7 Å². The molecular weight excluding hydrogens is 316 g/mol. The molecule has 0 aliphatic heterocycles. The van der Waals surface area contributed by atoms with Crippen LogP contribution in [0.3, 0.4) is 0 Å². The van der Waals surface area contributed by atoms with E-state index in [1.807, 2.05) is 0 Å². The van der Waals surface area contributed by atoms with Crippen molar-refractivity contribution < 1.29 is 19.0 Å². The van der Waals surface area contributed by atoms with E-state index in [0.717, 1.165) is 0 Å². The molecule has 0 saturated heterocycles. The monoisotopic (exact) mass is 332 g/mol. The number of benzene rings is 1. The summed E-state index contributed by atoms with van der Waals surface area (Å²) in [6, 6.07) is 6.75. The van der Waals surface area contributed by atoms with Gasteiger partial charge in [-0.05, 0) is 19.1 Å². The number of hydrogen-bond donors (Lipinski definition) is 0. The lowest BCUT2D eigenvalue weighted by Gasteiger charge is -2.13. The minimum absolute atomic E-state index is 0.129. The second-order valence-electron chi connectivity index (χ2n) is 4.55. The van der Waals surface area contributed by atoms with Crippen LogP contribution in [0.15, 0.2) is 24.3 Å². The van der Waals surface area contributed by atoms with E-state index in [0.29, 0.717) is 34.3 Å². The van der Waals surface area contributed by atoms with Crippen molar-refractivity contribution in [1.82, 2.24) is 9.97 Å². The van der Waals surface area contributed by atoms with Crippen molar-refractivity contribution >= 4 is 23.1 Å². The van der Waals surface area contributed by atoms with E-state index in [-0.39, 0.29) is 10.8 Å². The van der Waals surface area contributed by atoms with E-state index >= 15 is 0 Å². The van der Waals surface area contributed by atoms with Crippen molar-refractivity contribution in [2.75, 3.05) is 21.3 Å². The molecule has 0 aliphatic carbocycles. The van der Waals surface area contributed by atoms with Gasteiger partial charge in [-0.15, -0.1) is 0 Å². The van der Waals surface area contributed by atoms with Gasteiger partial charge in [0, 0.05) is 16.7 Å². The number of carbonyl (C=O) groups is 1. The summed E-state index contributed by atoms with van der Waals surface area (Å²) in [6.07, 6.45) is 0. The van der Waals surface area contributed by atoms with Crippen molar-refractivity contribution in [2.45, 2.75) is 6.92 Å². The summed E-state index contributed by atoms with van der Waals surface area (Å²) in [4.78, 5) is 20.5. The van der Waals surface area contributed by atoms with E-state index in [1.165, 1.54) is 28.3 Å². The number of hydrogen-bond acceptors (Lipinski definition) is 7. The number of aromatic nitrogens is 2. The first-order chi connectivity index (χ1) is 11.0. The van der Waals surface area contributed by atoms with Gasteiger partial charge >= 0.3 is 0 Å². The lowest BCUT2D eigenvalue weighted by atomic mass is 9.98. The number of Topliss-reactive ketones (excluding diaryl/α,β-unsaturated/α-hetero) is 1. The molecule has 1 aromatic heterocycles. The molecule has 120 valence electrons. The van der Waals surface area contributed by atoms with Crippen molar-refractivity contribution in [3.8, 4) is 23.1 Å². The molecule has 1 heterocycles. The smallest absolute Gasteiger partial charge is 0.220 e. The lowest BCUT2D eigenvalue weighted by Crippen LogP contribution is -2.11. The minimum atomic E-state index is -0.129. The number of rotatable bonds is 5. The van der Waals surface area contributed by atoms with Crippen LogP contribution in [0.25, 0.3) is 11.4 Å². The largest absolute Gasteiger partial charge is 0.486 e. The quantitative estimate of drug-likeness (QED) is 0.616. The summed E-state index contributed by atoms with van der Waals surface area (Å²) in [5.41, 5.74) is 1.49. The van der Waals surface area contributed by atoms with Crippen LogP contribution >= 0.6 is 12.2 Å². The molecule has 2 rings (SSSR count). The number of thiocarbonyl (C=S) groups is 1. The average Bonchev–Trinajstić information content (AvgIpc) is 2.59. The van der Waals surface area contributed by atoms with Crippen LogP contribution in [0, 0.1) is 0 Å². The molecule has 0 fully saturated rings. The first-order valence-corrected chi connectivity index (χ1v) is 7.12. The van der Waals surface area contributed by atoms with E-state index in [9.17, 15) is 4.79 Å². The number of methoxy groups -OCH3 is 3. The molecule has 0 unspecified atom stereocenters. The fourth-order valence-electron chi connectivity index (χ4n) is 2.09. The molecule has 2 aromatic rings. The highest BCUT2D eigenvalue weighted by molar-refractivity contribution is 7.80. The number of carbonyl (C=O) groups excluding carboxylic acids is 1. The molecule has 0 saturated carbocycles. The molecular formula is C16H16N2O4S. The van der Waals surface area contributed by atoms with E-state index in [4.69, 9.17) is 26.4 Å². The summed E-state index contributed by atoms with van der Waals surface area (Å²) in [7, 11) is 4.45. The molecule has 23 heavy (non-hydrogen) atoms. The summed E-state index contributed by atoms with van der Waals surface area (Å²) < 4.78 is 15.5. The molecule has 0 atom stereocenters. The Morgan fingerprint density at radius 2 is 1.70 bits per heavy atom. The van der Waals surface area contributed by atoms with E-state index in [1.54, 1.807) is 24.3 Å². The van der Waals surface area contributed by atoms with Crippen LogP contribution in [0.2, 0.25) is 0 Å². The molecule has 0 amide bonds. The van der Waals surface area contributed by atoms with Crippen LogP contribution in [0.5, 0.6) is 11.8 Å². The Morgan fingerprint density at radius 3 is 2.17 bits per heavy atom. The standard InChI is InChI=1S/C16H16N2O4S/c1-9(19)10-6-5-7-11(14(10)16(23)22-4)15-17-12(20-2)8-13(18-15)21-3/h5-8H,1-4H3. The first-order valence-electron chi connectivity index (χ1n) is 6.71. The third-order valence-electron chi connectivity index (χ3n) is 3.17. The number of ether oxygens (including phenoxy) is 3. The molecule has 0 N–H and O–H groups in total. The summed E-state index contributed by atoms with van der Waals surface area (Å²) >= 11 is 5.25. The maximum absolute atomic E-state index is 11.9. The molecule has 0 aliphatic rings. The van der Waals surface area contributed by atoms with E-state index < -0.39 is 0 Å². The van der Waals surface area contributed by atoms with Crippen molar-refractivity contribution in [1.29, 1.82) is 0 Å². The Hall–Kier alpha value is -2.54. The third kappa shape index (κ3) is 3.45. The van der Waals surface area contributed by atoms with Crippen LogP contribution in [0.4, 0.5) is 0 Å². The van der Waals surface area contributed by atoms with Gasteiger partial charge in [0.25, 0.3) is 0 Å². The van der Waals surface area contributed by atoms with Gasteiger partial charge in [0.2, 0.25) is 11.8 Å². The maximum atomic E-state index is 11.9. The van der Waals surface area contributed by atoms with Gasteiger partial charge in [-0.3, -0.25) is 4.79 Å². The zero-order valence-electron chi connectivity index (χ0n) is 13.2. The Bertz CT molecular complexity index is 739. The van der Waals surface area contributed by atoms with Crippen LogP contribution in [-0.2, 0) is 4.74 Å². The number of nitrogens with zero attached hydrogens (tertiary/aromatic N) is 2. The third-order valence-corrected chi connectivity index (χ3v) is 3.54. The van der Waals surface area contributed by atoms with Gasteiger partial charge in [-0.2, -0.15) is 9.97 Å². The van der Waals surface area contributed by atoms with Crippen LogP contribution < -0.4 is 9.47 Å². The molecule has 0 spiro atoms. The molecule has 0 radical (unpaired) electrons. The van der Waals surface area contributed by atoms with Gasteiger partial charge in [0.1, 0.15) is 0 Å². The topological polar surface area (TPSA) is 70.5 Å². The zero-order chi connectivity index (χ0) is 17.0. The van der Waals surface area contributed by atoms with Gasteiger partial charge < -0.3 is 14.2 Å². The van der Waals surface area contributed by atoms with Gasteiger partial charge in [-0.1, -0.05) is 18.2 Å². The number of ketones is 1. The molecule has 0 bridgehead atoms. The van der Waals surface area contributed by atoms with Gasteiger partial charge in [-0.25, -0.2) is 0 Å². The molecule has 1 aromatic carbocycles.